The van der Waals surface area contributed by atoms with Crippen LogP contribution < -0.4 is 0 Å². The summed E-state index contributed by atoms with van der Waals surface area (Å²) in [7, 11) is 0. The highest BCUT2D eigenvalue weighted by molar-refractivity contribution is 5.80. The van der Waals surface area contributed by atoms with Gasteiger partial charge in [0.25, 0.3) is 0 Å². The van der Waals surface area contributed by atoms with Gasteiger partial charge in [0.05, 0.1) is 23.0 Å². The molecule has 108 valence electrons. The Kier molecular flexibility index (Phi) is 4.60. The third-order valence-electron chi connectivity index (χ3n) is 3.50. The molecule has 0 aliphatic rings. The third-order valence-corrected chi connectivity index (χ3v) is 3.50. The molecule has 2 heteroatoms. The van der Waals surface area contributed by atoms with Gasteiger partial charge in [-0.3, -0.25) is 0 Å². The fraction of sp³-hybridized carbons (Fsp3) is 0.0500. The largest absolute Gasteiger partial charge is 0.309 e. The number of nitrogens with zero attached hydrogens (tertiary/aromatic N) is 2. The van der Waals surface area contributed by atoms with Crippen LogP contribution in [0.25, 0.3) is 30.0 Å². The first-order chi connectivity index (χ1) is 10.7. The molecule has 0 amide bonds. The average molecular weight is 286 g/mol. The van der Waals surface area contributed by atoms with Crippen LogP contribution in [0.4, 0.5) is 0 Å². The number of nitriles is 1. The van der Waals surface area contributed by atoms with Crippen LogP contribution in [0.15, 0.2) is 50.1 Å². The summed E-state index contributed by atoms with van der Waals surface area (Å²) in [5.74, 6) is 0. The van der Waals surface area contributed by atoms with Crippen molar-refractivity contribution in [1.29, 1.82) is 5.26 Å². The summed E-state index contributed by atoms with van der Waals surface area (Å²) in [5, 5.41) is 8.95. The summed E-state index contributed by atoms with van der Waals surface area (Å²) in [6.07, 6.45) is 9.49. The van der Waals surface area contributed by atoms with Crippen LogP contribution in [-0.4, -0.2) is 4.57 Å². The van der Waals surface area contributed by atoms with Crippen molar-refractivity contribution >= 4 is 24.3 Å². The van der Waals surface area contributed by atoms with Crippen molar-refractivity contribution in [3.63, 3.8) is 0 Å². The highest BCUT2D eigenvalue weighted by Crippen LogP contribution is 2.31. The summed E-state index contributed by atoms with van der Waals surface area (Å²) in [6, 6.07) is 9.61. The highest BCUT2D eigenvalue weighted by atomic mass is 15.0. The van der Waals surface area contributed by atoms with Crippen molar-refractivity contribution in [2.45, 2.75) is 6.92 Å². The van der Waals surface area contributed by atoms with Crippen molar-refractivity contribution in [3.8, 4) is 11.8 Å². The van der Waals surface area contributed by atoms with Crippen molar-refractivity contribution < 1.29 is 0 Å². The number of aromatic nitrogens is 1. The van der Waals surface area contributed by atoms with E-state index in [1.165, 1.54) is 0 Å². The fourth-order valence-corrected chi connectivity index (χ4v) is 2.56. The zero-order valence-corrected chi connectivity index (χ0v) is 12.7. The fourth-order valence-electron chi connectivity index (χ4n) is 2.56. The molecule has 0 atom stereocenters. The van der Waals surface area contributed by atoms with Crippen LogP contribution in [0.1, 0.15) is 35.0 Å². The molecule has 2 nitrogen and oxygen atoms in total. The Morgan fingerprint density at radius 1 is 0.955 bits per heavy atom. The van der Waals surface area contributed by atoms with Crippen LogP contribution in [-0.2, 0) is 0 Å². The lowest BCUT2D eigenvalue weighted by Crippen LogP contribution is -1.99. The molecule has 0 spiro atoms. The van der Waals surface area contributed by atoms with Crippen LogP contribution >= 0.6 is 0 Å². The topological polar surface area (TPSA) is 28.7 Å². The van der Waals surface area contributed by atoms with Gasteiger partial charge in [-0.25, -0.2) is 0 Å². The van der Waals surface area contributed by atoms with Gasteiger partial charge in [0.15, 0.2) is 0 Å². The monoisotopic (exact) mass is 286 g/mol. The molecule has 22 heavy (non-hydrogen) atoms. The standard InChI is InChI=1S/C20H18N2/c1-5-9-20-18(7-3)17(6-2)19(8-4)22(20)16-12-10-15(14-21)11-13-16/h5-13H,2-4H2,1H3/b9-5-. The summed E-state index contributed by atoms with van der Waals surface area (Å²) in [4.78, 5) is 0. The van der Waals surface area contributed by atoms with Crippen molar-refractivity contribution in [1.82, 2.24) is 4.57 Å². The van der Waals surface area contributed by atoms with E-state index in [4.69, 9.17) is 5.26 Å². The highest BCUT2D eigenvalue weighted by Gasteiger charge is 2.16. The Morgan fingerprint density at radius 3 is 2.00 bits per heavy atom. The molecular formula is C20H18N2. The van der Waals surface area contributed by atoms with E-state index in [2.05, 4.69) is 30.4 Å². The normalized spacial score (nSPS) is 10.4. The minimum absolute atomic E-state index is 0.636. The lowest BCUT2D eigenvalue weighted by molar-refractivity contribution is 1.04. The molecule has 0 fully saturated rings. The Balaban J connectivity index is 2.85. The molecular weight excluding hydrogens is 268 g/mol. The van der Waals surface area contributed by atoms with Gasteiger partial charge in [-0.15, -0.1) is 0 Å². The zero-order chi connectivity index (χ0) is 16.1. The van der Waals surface area contributed by atoms with Crippen LogP contribution in [0.5, 0.6) is 0 Å². The van der Waals surface area contributed by atoms with E-state index in [-0.39, 0.29) is 0 Å². The smallest absolute Gasteiger partial charge is 0.0991 e. The Morgan fingerprint density at radius 2 is 1.55 bits per heavy atom. The molecule has 1 aromatic heterocycles. The molecule has 0 saturated carbocycles. The summed E-state index contributed by atoms with van der Waals surface area (Å²) >= 11 is 0. The predicted octanol–water partition coefficient (Wildman–Crippen LogP) is 5.31. The second kappa shape index (κ2) is 6.60. The second-order valence-corrected chi connectivity index (χ2v) is 4.70. The first kappa shape index (κ1) is 15.3. The Hall–Kier alpha value is -3.05. The van der Waals surface area contributed by atoms with E-state index in [0.29, 0.717) is 5.56 Å². The van der Waals surface area contributed by atoms with Crippen LogP contribution in [0.3, 0.4) is 0 Å². The summed E-state index contributed by atoms with van der Waals surface area (Å²) < 4.78 is 2.10. The molecule has 0 aliphatic carbocycles. The minimum Gasteiger partial charge on any atom is -0.309 e. The molecule has 0 bridgehead atoms. The molecule has 1 heterocycles. The van der Waals surface area contributed by atoms with Gasteiger partial charge >= 0.3 is 0 Å². The Bertz CT molecular complexity index is 794. The maximum atomic E-state index is 8.95. The van der Waals surface area contributed by atoms with Gasteiger partial charge in [0, 0.05) is 16.8 Å². The quantitative estimate of drug-likeness (QED) is 0.732. The molecule has 0 N–H and O–H groups in total. The molecule has 0 saturated heterocycles. The minimum atomic E-state index is 0.636. The van der Waals surface area contributed by atoms with Gasteiger partial charge in [0.1, 0.15) is 0 Å². The second-order valence-electron chi connectivity index (χ2n) is 4.70. The number of rotatable bonds is 5. The van der Waals surface area contributed by atoms with E-state index >= 15 is 0 Å². The summed E-state index contributed by atoms with van der Waals surface area (Å²) in [6.45, 7) is 13.7. The predicted molar refractivity (Wildman–Crippen MR) is 95.5 cm³/mol. The third kappa shape index (κ3) is 2.45. The van der Waals surface area contributed by atoms with Gasteiger partial charge in [-0.05, 0) is 43.3 Å². The lowest BCUT2D eigenvalue weighted by Gasteiger charge is -2.10. The zero-order valence-electron chi connectivity index (χ0n) is 12.7. The van der Waals surface area contributed by atoms with Gasteiger partial charge in [-0.1, -0.05) is 38.0 Å². The lowest BCUT2D eigenvalue weighted by atomic mass is 10.1. The SMILES string of the molecule is C=Cc1c(C=C)c(/C=C\C)n(-c2ccc(C#N)cc2)c1C=C. The van der Waals surface area contributed by atoms with Crippen molar-refractivity contribution in [2.24, 2.45) is 0 Å². The maximum Gasteiger partial charge on any atom is 0.0991 e. The molecule has 1 aromatic carbocycles. The van der Waals surface area contributed by atoms with Crippen LogP contribution in [0.2, 0.25) is 0 Å². The molecule has 2 aromatic rings. The summed E-state index contributed by atoms with van der Waals surface area (Å²) in [5.41, 5.74) is 5.61. The number of hydrogen-bond donors (Lipinski definition) is 0. The van der Waals surface area contributed by atoms with Crippen molar-refractivity contribution in [2.75, 3.05) is 0 Å². The first-order valence-electron chi connectivity index (χ1n) is 7.01. The van der Waals surface area contributed by atoms with E-state index in [9.17, 15) is 0 Å². The Labute approximate surface area is 131 Å². The van der Waals surface area contributed by atoms with Crippen LogP contribution in [0, 0.1) is 11.3 Å². The average Bonchev–Trinajstić information content (AvgIpc) is 2.87. The number of hydrogen-bond acceptors (Lipinski definition) is 1. The molecule has 0 radical (unpaired) electrons. The molecule has 0 unspecified atom stereocenters. The molecule has 2 rings (SSSR count). The van der Waals surface area contributed by atoms with Gasteiger partial charge in [0.2, 0.25) is 0 Å². The van der Waals surface area contributed by atoms with E-state index in [1.807, 2.05) is 61.6 Å². The maximum absolute atomic E-state index is 8.95. The van der Waals surface area contributed by atoms with Gasteiger partial charge in [-0.2, -0.15) is 5.26 Å². The molecule has 0 aliphatic heterocycles. The number of benzene rings is 1. The van der Waals surface area contributed by atoms with Crippen molar-refractivity contribution in [3.05, 3.63) is 78.2 Å². The van der Waals surface area contributed by atoms with E-state index < -0.39 is 0 Å². The van der Waals surface area contributed by atoms with E-state index in [0.717, 1.165) is 28.2 Å². The number of allylic oxidation sites excluding steroid dienone is 1. The first-order valence-corrected chi connectivity index (χ1v) is 7.01. The van der Waals surface area contributed by atoms with Gasteiger partial charge < -0.3 is 4.57 Å². The van der Waals surface area contributed by atoms with E-state index in [1.54, 1.807) is 0 Å².